The first kappa shape index (κ1) is 16.2. The molecule has 0 heterocycles. The molecule has 0 spiro atoms. The highest BCUT2D eigenvalue weighted by atomic mass is 16.2. The highest BCUT2D eigenvalue weighted by Gasteiger charge is 2.18. The van der Waals surface area contributed by atoms with Crippen molar-refractivity contribution in [1.29, 1.82) is 0 Å². The van der Waals surface area contributed by atoms with Crippen LogP contribution >= 0.6 is 0 Å². The van der Waals surface area contributed by atoms with Gasteiger partial charge in [0.05, 0.1) is 6.54 Å². The van der Waals surface area contributed by atoms with Crippen LogP contribution in [-0.2, 0) is 16.0 Å². The van der Waals surface area contributed by atoms with E-state index in [0.29, 0.717) is 6.54 Å². The van der Waals surface area contributed by atoms with Gasteiger partial charge >= 0.3 is 0 Å². The molecule has 0 saturated heterocycles. The zero-order valence-corrected chi connectivity index (χ0v) is 12.6. The highest BCUT2D eigenvalue weighted by Crippen LogP contribution is 2.03. The van der Waals surface area contributed by atoms with Gasteiger partial charge in [-0.25, -0.2) is 0 Å². The van der Waals surface area contributed by atoms with Crippen LogP contribution in [0.5, 0.6) is 0 Å². The lowest BCUT2D eigenvalue weighted by Crippen LogP contribution is -2.44. The summed E-state index contributed by atoms with van der Waals surface area (Å²) in [5.74, 6) is -0.158. The Balaban J connectivity index is 2.37. The molecule has 2 amide bonds. The maximum atomic E-state index is 11.9. The van der Waals surface area contributed by atoms with E-state index in [9.17, 15) is 9.59 Å². The van der Waals surface area contributed by atoms with Crippen molar-refractivity contribution in [3.63, 3.8) is 0 Å². The van der Waals surface area contributed by atoms with E-state index in [1.54, 1.807) is 4.90 Å². The smallest absolute Gasteiger partial charge is 0.239 e. The quantitative estimate of drug-likeness (QED) is 0.828. The van der Waals surface area contributed by atoms with E-state index in [-0.39, 0.29) is 24.4 Å². The van der Waals surface area contributed by atoms with Gasteiger partial charge in [0, 0.05) is 19.5 Å². The van der Waals surface area contributed by atoms with Crippen LogP contribution in [0, 0.1) is 0 Å². The summed E-state index contributed by atoms with van der Waals surface area (Å²) >= 11 is 0. The summed E-state index contributed by atoms with van der Waals surface area (Å²) in [5.41, 5.74) is 1.19. The third-order valence-electron chi connectivity index (χ3n) is 3.42. The minimum atomic E-state index is -0.101. The number of rotatable bonds is 7. The summed E-state index contributed by atoms with van der Waals surface area (Å²) in [7, 11) is 0. The molecule has 0 radical (unpaired) electrons. The van der Waals surface area contributed by atoms with Crippen LogP contribution in [0.3, 0.4) is 0 Å². The SMILES string of the molecule is CCC(C)N(CC(=O)NCCc1ccccc1)C(C)=O. The lowest BCUT2D eigenvalue weighted by Gasteiger charge is -2.26. The Labute approximate surface area is 121 Å². The molecule has 1 unspecified atom stereocenters. The van der Waals surface area contributed by atoms with Crippen molar-refractivity contribution in [2.24, 2.45) is 0 Å². The predicted molar refractivity (Wildman–Crippen MR) is 80.3 cm³/mol. The lowest BCUT2D eigenvalue weighted by molar-refractivity contribution is -0.136. The molecular formula is C16H24N2O2. The Morgan fingerprint density at radius 3 is 2.45 bits per heavy atom. The molecule has 0 bridgehead atoms. The van der Waals surface area contributed by atoms with E-state index in [2.05, 4.69) is 5.32 Å². The summed E-state index contributed by atoms with van der Waals surface area (Å²) in [4.78, 5) is 25.0. The minimum absolute atomic E-state index is 0.0578. The molecule has 0 aliphatic rings. The fraction of sp³-hybridized carbons (Fsp3) is 0.500. The highest BCUT2D eigenvalue weighted by molar-refractivity contribution is 5.83. The molecule has 1 atom stereocenters. The van der Waals surface area contributed by atoms with Crippen molar-refractivity contribution in [1.82, 2.24) is 10.2 Å². The van der Waals surface area contributed by atoms with Crippen molar-refractivity contribution in [3.8, 4) is 0 Å². The molecule has 0 saturated carbocycles. The van der Waals surface area contributed by atoms with Gasteiger partial charge < -0.3 is 10.2 Å². The largest absolute Gasteiger partial charge is 0.354 e. The van der Waals surface area contributed by atoms with Crippen LogP contribution in [0.1, 0.15) is 32.8 Å². The molecule has 1 aromatic carbocycles. The maximum absolute atomic E-state index is 11.9. The monoisotopic (exact) mass is 276 g/mol. The van der Waals surface area contributed by atoms with Gasteiger partial charge in [-0.15, -0.1) is 0 Å². The van der Waals surface area contributed by atoms with E-state index < -0.39 is 0 Å². The van der Waals surface area contributed by atoms with E-state index >= 15 is 0 Å². The summed E-state index contributed by atoms with van der Waals surface area (Å²) in [6.45, 7) is 6.20. The first-order valence-electron chi connectivity index (χ1n) is 7.12. The van der Waals surface area contributed by atoms with Gasteiger partial charge in [-0.2, -0.15) is 0 Å². The molecular weight excluding hydrogens is 252 g/mol. The van der Waals surface area contributed by atoms with Crippen LogP contribution in [0.25, 0.3) is 0 Å². The molecule has 1 N–H and O–H groups in total. The lowest BCUT2D eigenvalue weighted by atomic mass is 10.1. The van der Waals surface area contributed by atoms with Crippen LogP contribution in [0.4, 0.5) is 0 Å². The average Bonchev–Trinajstić information content (AvgIpc) is 2.45. The second-order valence-electron chi connectivity index (χ2n) is 4.99. The molecule has 0 fully saturated rings. The number of hydrogen-bond acceptors (Lipinski definition) is 2. The third-order valence-corrected chi connectivity index (χ3v) is 3.42. The molecule has 0 aromatic heterocycles. The third kappa shape index (κ3) is 5.43. The second kappa shape index (κ2) is 8.35. The van der Waals surface area contributed by atoms with Crippen molar-refractivity contribution >= 4 is 11.8 Å². The van der Waals surface area contributed by atoms with E-state index in [4.69, 9.17) is 0 Å². The van der Waals surface area contributed by atoms with E-state index in [0.717, 1.165) is 12.8 Å². The van der Waals surface area contributed by atoms with Crippen molar-refractivity contribution in [2.45, 2.75) is 39.7 Å². The number of hydrogen-bond donors (Lipinski definition) is 1. The molecule has 4 heteroatoms. The summed E-state index contributed by atoms with van der Waals surface area (Å²) in [6, 6.07) is 10.1. The fourth-order valence-corrected chi connectivity index (χ4v) is 2.00. The minimum Gasteiger partial charge on any atom is -0.354 e. The number of nitrogens with zero attached hydrogens (tertiary/aromatic N) is 1. The zero-order valence-electron chi connectivity index (χ0n) is 12.6. The van der Waals surface area contributed by atoms with Gasteiger partial charge in [0.25, 0.3) is 0 Å². The summed E-state index contributed by atoms with van der Waals surface area (Å²) in [6.07, 6.45) is 1.65. The van der Waals surface area contributed by atoms with Gasteiger partial charge in [-0.05, 0) is 25.3 Å². The van der Waals surface area contributed by atoms with E-state index in [1.807, 2.05) is 44.2 Å². The Bertz CT molecular complexity index is 431. The van der Waals surface area contributed by atoms with Crippen molar-refractivity contribution < 1.29 is 9.59 Å². The van der Waals surface area contributed by atoms with Gasteiger partial charge in [-0.1, -0.05) is 37.3 Å². The normalized spacial score (nSPS) is 11.8. The first-order chi connectivity index (χ1) is 9.54. The molecule has 0 aliphatic carbocycles. The Morgan fingerprint density at radius 2 is 1.90 bits per heavy atom. The van der Waals surface area contributed by atoms with E-state index in [1.165, 1.54) is 12.5 Å². The Hall–Kier alpha value is -1.84. The molecule has 4 nitrogen and oxygen atoms in total. The average molecular weight is 276 g/mol. The van der Waals surface area contributed by atoms with Crippen molar-refractivity contribution in [3.05, 3.63) is 35.9 Å². The Kier molecular flexibility index (Phi) is 6.77. The van der Waals surface area contributed by atoms with Gasteiger partial charge in [0.2, 0.25) is 11.8 Å². The number of amides is 2. The molecule has 20 heavy (non-hydrogen) atoms. The number of nitrogens with one attached hydrogen (secondary N) is 1. The van der Waals surface area contributed by atoms with Crippen LogP contribution in [0.15, 0.2) is 30.3 Å². The molecule has 0 aliphatic heterocycles. The summed E-state index contributed by atoms with van der Waals surface area (Å²) in [5, 5.41) is 2.86. The molecule has 110 valence electrons. The van der Waals surface area contributed by atoms with Crippen LogP contribution < -0.4 is 5.32 Å². The maximum Gasteiger partial charge on any atom is 0.239 e. The van der Waals surface area contributed by atoms with Gasteiger partial charge in [0.15, 0.2) is 0 Å². The molecule has 1 rings (SSSR count). The first-order valence-corrected chi connectivity index (χ1v) is 7.12. The van der Waals surface area contributed by atoms with Gasteiger partial charge in [-0.3, -0.25) is 9.59 Å². The van der Waals surface area contributed by atoms with Gasteiger partial charge in [0.1, 0.15) is 0 Å². The Morgan fingerprint density at radius 1 is 1.25 bits per heavy atom. The number of carbonyl (C=O) groups excluding carboxylic acids is 2. The van der Waals surface area contributed by atoms with Crippen LogP contribution in [0.2, 0.25) is 0 Å². The predicted octanol–water partition coefficient (Wildman–Crippen LogP) is 1.99. The second-order valence-corrected chi connectivity index (χ2v) is 4.99. The molecule has 1 aromatic rings. The van der Waals surface area contributed by atoms with Crippen molar-refractivity contribution in [2.75, 3.05) is 13.1 Å². The fourth-order valence-electron chi connectivity index (χ4n) is 2.00. The standard InChI is InChI=1S/C16H24N2O2/c1-4-13(2)18(14(3)19)12-16(20)17-11-10-15-8-6-5-7-9-15/h5-9,13H,4,10-12H2,1-3H3,(H,17,20). The topological polar surface area (TPSA) is 49.4 Å². The zero-order chi connectivity index (χ0) is 15.0. The van der Waals surface area contributed by atoms with Crippen LogP contribution in [-0.4, -0.2) is 35.8 Å². The number of benzene rings is 1. The number of carbonyl (C=O) groups is 2. The summed E-state index contributed by atoms with van der Waals surface area (Å²) < 4.78 is 0.